The third kappa shape index (κ3) is 13.7. The third-order valence-electron chi connectivity index (χ3n) is 4.74. The topological polar surface area (TPSA) is 72.2 Å². The zero-order valence-electron chi connectivity index (χ0n) is 18.8. The second-order valence-corrected chi connectivity index (χ2v) is 7.13. The lowest BCUT2D eigenvalue weighted by atomic mass is 9.76. The summed E-state index contributed by atoms with van der Waals surface area (Å²) in [7, 11) is 0. The Kier molecular flexibility index (Phi) is 17.6. The molecular formula is C22H44N2O2. The van der Waals surface area contributed by atoms with Gasteiger partial charge in [0.2, 0.25) is 5.91 Å². The minimum Gasteiger partial charge on any atom is -0.379 e. The van der Waals surface area contributed by atoms with Gasteiger partial charge in [0.25, 0.3) is 0 Å². The first-order valence-electron chi connectivity index (χ1n) is 9.79. The molecule has 4 heteroatoms. The zero-order valence-corrected chi connectivity index (χ0v) is 18.8. The maximum atomic E-state index is 11.6. The summed E-state index contributed by atoms with van der Waals surface area (Å²) in [5.41, 5.74) is 7.12. The van der Waals surface area contributed by atoms with Gasteiger partial charge in [-0.1, -0.05) is 67.0 Å². The smallest absolute Gasteiger partial charge is 0.217 e. The Bertz CT molecular complexity index is 439. The van der Waals surface area contributed by atoms with Crippen LogP contribution in [0.2, 0.25) is 0 Å². The van der Waals surface area contributed by atoms with Crippen molar-refractivity contribution < 1.29 is 9.59 Å². The number of carbonyl (C=O) groups is 2. The minimum atomic E-state index is -0.389. The molecule has 0 aliphatic rings. The van der Waals surface area contributed by atoms with Crippen molar-refractivity contribution in [3.8, 4) is 0 Å². The van der Waals surface area contributed by atoms with Crippen LogP contribution in [0.3, 0.4) is 0 Å². The normalized spacial score (nSPS) is 12.3. The van der Waals surface area contributed by atoms with Gasteiger partial charge in [0.15, 0.2) is 5.78 Å². The fourth-order valence-electron chi connectivity index (χ4n) is 1.87. The lowest BCUT2D eigenvalue weighted by Crippen LogP contribution is -2.41. The summed E-state index contributed by atoms with van der Waals surface area (Å²) in [5, 5.41) is 3.18. The lowest BCUT2D eigenvalue weighted by molar-refractivity contribution is -0.120. The van der Waals surface area contributed by atoms with Crippen molar-refractivity contribution >= 4 is 11.7 Å². The Labute approximate surface area is 162 Å². The van der Waals surface area contributed by atoms with Gasteiger partial charge >= 0.3 is 0 Å². The molecule has 0 heterocycles. The molecule has 0 aliphatic carbocycles. The molecule has 0 aromatic heterocycles. The predicted octanol–water partition coefficient (Wildman–Crippen LogP) is 5.38. The Balaban J connectivity index is -0.000000645. The van der Waals surface area contributed by atoms with Gasteiger partial charge in [-0.3, -0.25) is 9.59 Å². The molecule has 0 saturated carbocycles. The molecule has 1 unspecified atom stereocenters. The molecule has 0 aliphatic heterocycles. The van der Waals surface area contributed by atoms with E-state index in [1.807, 2.05) is 20.8 Å². The highest BCUT2D eigenvalue weighted by Gasteiger charge is 2.29. The Morgan fingerprint density at radius 3 is 1.81 bits per heavy atom. The molecule has 1 amide bonds. The summed E-state index contributed by atoms with van der Waals surface area (Å²) in [5.74, 6) is 0.0680. The van der Waals surface area contributed by atoms with Crippen LogP contribution in [0.4, 0.5) is 0 Å². The average Bonchev–Trinajstić information content (AvgIpc) is 2.59. The van der Waals surface area contributed by atoms with E-state index in [2.05, 4.69) is 53.1 Å². The lowest BCUT2D eigenvalue weighted by Gasteiger charge is -2.35. The molecule has 0 fully saturated rings. The molecule has 0 spiro atoms. The van der Waals surface area contributed by atoms with E-state index in [-0.39, 0.29) is 29.6 Å². The van der Waals surface area contributed by atoms with Gasteiger partial charge in [0.1, 0.15) is 0 Å². The number of Topliss-reactive ketones (excluding diaryl/α,β-unsaturated/α-hetero) is 1. The van der Waals surface area contributed by atoms with Crippen LogP contribution in [0.15, 0.2) is 24.4 Å². The summed E-state index contributed by atoms with van der Waals surface area (Å²) < 4.78 is 0. The van der Waals surface area contributed by atoms with E-state index in [4.69, 9.17) is 5.73 Å². The number of allylic oxidation sites excluding steroid dienone is 2. The summed E-state index contributed by atoms with van der Waals surface area (Å²) in [6, 6.07) is -0.386. The molecule has 0 saturated heterocycles. The molecule has 0 aromatic carbocycles. The Morgan fingerprint density at radius 2 is 1.54 bits per heavy atom. The highest BCUT2D eigenvalue weighted by atomic mass is 16.1. The highest BCUT2D eigenvalue weighted by Crippen LogP contribution is 2.34. The van der Waals surface area contributed by atoms with Gasteiger partial charge in [-0.15, -0.1) is 6.58 Å². The standard InChI is InChI=1S/C15H28N2O2.C5H10.C2H6/c1-7-10(2)15(5,6)12(4)17-13(11(3)18)8-9-14(16)19;1-4-5(2)3;1-2/h10,13,17H,4,7-9H2,1-3,5-6H3,(H2,16,19);2,4H2,1,3H3;1-2H3/t10?,13-;;/m0../s1. The van der Waals surface area contributed by atoms with Gasteiger partial charge in [-0.25, -0.2) is 0 Å². The molecule has 2 atom stereocenters. The van der Waals surface area contributed by atoms with Crippen molar-refractivity contribution in [2.45, 2.75) is 94.0 Å². The van der Waals surface area contributed by atoms with Crippen molar-refractivity contribution in [3.63, 3.8) is 0 Å². The maximum absolute atomic E-state index is 11.6. The Morgan fingerprint density at radius 1 is 1.12 bits per heavy atom. The van der Waals surface area contributed by atoms with Gasteiger partial charge in [-0.05, 0) is 32.6 Å². The van der Waals surface area contributed by atoms with Crippen LogP contribution in [0, 0.1) is 11.3 Å². The first kappa shape index (κ1) is 29.2. The number of hydrogen-bond donors (Lipinski definition) is 2. The van der Waals surface area contributed by atoms with Crippen molar-refractivity contribution in [1.82, 2.24) is 5.32 Å². The largest absolute Gasteiger partial charge is 0.379 e. The molecule has 0 aromatic rings. The summed E-state index contributed by atoms with van der Waals surface area (Å²) >= 11 is 0. The number of rotatable bonds is 10. The van der Waals surface area contributed by atoms with Crippen molar-refractivity contribution in [1.29, 1.82) is 0 Å². The second-order valence-electron chi connectivity index (χ2n) is 7.13. The number of nitrogens with one attached hydrogen (secondary N) is 1. The van der Waals surface area contributed by atoms with Crippen LogP contribution in [0.25, 0.3) is 0 Å². The third-order valence-corrected chi connectivity index (χ3v) is 4.74. The fraction of sp³-hybridized carbons (Fsp3) is 0.727. The van der Waals surface area contributed by atoms with Crippen molar-refractivity contribution in [2.75, 3.05) is 0 Å². The van der Waals surface area contributed by atoms with Crippen LogP contribution in [0.1, 0.15) is 88.0 Å². The summed E-state index contributed by atoms with van der Waals surface area (Å²) in [4.78, 5) is 22.4. The number of hydrogen-bond acceptors (Lipinski definition) is 3. The maximum Gasteiger partial charge on any atom is 0.217 e. The number of amides is 1. The van der Waals surface area contributed by atoms with E-state index in [1.54, 1.807) is 0 Å². The summed E-state index contributed by atoms with van der Waals surface area (Å²) in [6.45, 7) is 25.9. The summed E-state index contributed by atoms with van der Waals surface area (Å²) in [6.07, 6.45) is 2.77. The highest BCUT2D eigenvalue weighted by molar-refractivity contribution is 5.82. The molecule has 0 bridgehead atoms. The first-order valence-corrected chi connectivity index (χ1v) is 9.79. The van der Waals surface area contributed by atoms with E-state index in [0.29, 0.717) is 12.3 Å². The molecule has 154 valence electrons. The molecule has 4 nitrogen and oxygen atoms in total. The zero-order chi connectivity index (χ0) is 21.5. The van der Waals surface area contributed by atoms with E-state index < -0.39 is 0 Å². The first-order chi connectivity index (χ1) is 11.9. The number of ketones is 1. The van der Waals surface area contributed by atoms with E-state index in [1.165, 1.54) is 12.5 Å². The minimum absolute atomic E-state index is 0.00218. The Hall–Kier alpha value is -1.58. The van der Waals surface area contributed by atoms with E-state index in [0.717, 1.165) is 18.5 Å². The SMILES string of the molecule is C=C(C)CC.C=C(N[C@@H](CCC(N)=O)C(C)=O)C(C)(C)C(C)CC.CC. The number of primary amides is 1. The van der Waals surface area contributed by atoms with Crippen LogP contribution in [-0.2, 0) is 9.59 Å². The second kappa shape index (κ2) is 15.7. The van der Waals surface area contributed by atoms with Crippen LogP contribution >= 0.6 is 0 Å². The monoisotopic (exact) mass is 368 g/mol. The van der Waals surface area contributed by atoms with Gasteiger partial charge in [0, 0.05) is 17.5 Å². The van der Waals surface area contributed by atoms with Gasteiger partial charge in [0.05, 0.1) is 6.04 Å². The number of nitrogens with two attached hydrogens (primary N) is 1. The van der Waals surface area contributed by atoms with Crippen LogP contribution in [-0.4, -0.2) is 17.7 Å². The number of carbonyl (C=O) groups excluding carboxylic acids is 2. The molecule has 3 N–H and O–H groups in total. The van der Waals surface area contributed by atoms with Gasteiger partial charge < -0.3 is 11.1 Å². The molecule has 0 radical (unpaired) electrons. The quantitative estimate of drug-likeness (QED) is 0.508. The van der Waals surface area contributed by atoms with Crippen LogP contribution in [0.5, 0.6) is 0 Å². The fourth-order valence-corrected chi connectivity index (χ4v) is 1.87. The van der Waals surface area contributed by atoms with Gasteiger partial charge in [-0.2, -0.15) is 0 Å². The molecule has 0 rings (SSSR count). The predicted molar refractivity (Wildman–Crippen MR) is 115 cm³/mol. The van der Waals surface area contributed by atoms with Crippen LogP contribution < -0.4 is 11.1 Å². The van der Waals surface area contributed by atoms with E-state index in [9.17, 15) is 9.59 Å². The van der Waals surface area contributed by atoms with Crippen molar-refractivity contribution in [3.05, 3.63) is 24.4 Å². The molecule has 26 heavy (non-hydrogen) atoms. The average molecular weight is 369 g/mol. The van der Waals surface area contributed by atoms with E-state index >= 15 is 0 Å². The van der Waals surface area contributed by atoms with Crippen molar-refractivity contribution in [2.24, 2.45) is 17.1 Å². The molecular weight excluding hydrogens is 324 g/mol.